The fourth-order valence-electron chi connectivity index (χ4n) is 4.10. The number of carbonyl (C=O) groups excluding carboxylic acids is 1. The number of rotatable bonds is 5. The molecule has 156 valence electrons. The zero-order chi connectivity index (χ0) is 20.1. The predicted octanol–water partition coefficient (Wildman–Crippen LogP) is 2.31. The molecule has 1 aromatic carbocycles. The average Bonchev–Trinajstić information content (AvgIpc) is 2.97. The van der Waals surface area contributed by atoms with Crippen LogP contribution in [0.4, 0.5) is 4.39 Å². The lowest BCUT2D eigenvalue weighted by molar-refractivity contribution is -0.133. The number of likely N-dealkylation sites (N-methyl/N-ethyl adjacent to an activating group) is 1. The first-order valence-electron chi connectivity index (χ1n) is 10.1. The average molecular weight is 412 g/mol. The Kier molecular flexibility index (Phi) is 7.06. The van der Waals surface area contributed by atoms with Gasteiger partial charge in [-0.2, -0.15) is 4.31 Å². The molecule has 0 aromatic heterocycles. The maximum atomic E-state index is 13.4. The van der Waals surface area contributed by atoms with Crippen LogP contribution in [-0.2, 0) is 14.8 Å². The molecule has 0 radical (unpaired) electrons. The van der Waals surface area contributed by atoms with E-state index in [1.165, 1.54) is 48.2 Å². The normalized spacial score (nSPS) is 20.3. The summed E-state index contributed by atoms with van der Waals surface area (Å²) in [6.07, 6.45) is 7.28. The molecule has 2 aliphatic rings. The van der Waals surface area contributed by atoms with E-state index < -0.39 is 15.8 Å². The second-order valence-corrected chi connectivity index (χ2v) is 9.74. The van der Waals surface area contributed by atoms with Gasteiger partial charge in [-0.25, -0.2) is 12.8 Å². The lowest BCUT2D eigenvalue weighted by Crippen LogP contribution is -2.52. The van der Waals surface area contributed by atoms with Gasteiger partial charge in [0.2, 0.25) is 15.9 Å². The zero-order valence-electron chi connectivity index (χ0n) is 16.5. The zero-order valence-corrected chi connectivity index (χ0v) is 17.3. The Balaban J connectivity index is 1.53. The molecule has 0 atom stereocenters. The molecule has 0 N–H and O–H groups in total. The number of hydrogen-bond donors (Lipinski definition) is 0. The molecule has 0 spiro atoms. The molecular formula is C20H30FN3O3S. The van der Waals surface area contributed by atoms with E-state index in [1.807, 2.05) is 7.05 Å². The molecule has 2 fully saturated rings. The summed E-state index contributed by atoms with van der Waals surface area (Å²) < 4.78 is 40.1. The minimum Gasteiger partial charge on any atom is -0.339 e. The van der Waals surface area contributed by atoms with Crippen molar-refractivity contribution in [2.75, 3.05) is 39.8 Å². The number of nitrogens with zero attached hydrogens (tertiary/aromatic N) is 3. The van der Waals surface area contributed by atoms with Crippen LogP contribution >= 0.6 is 0 Å². The molecule has 3 rings (SSSR count). The van der Waals surface area contributed by atoms with Gasteiger partial charge in [0.1, 0.15) is 5.82 Å². The van der Waals surface area contributed by atoms with Crippen LogP contribution in [0.5, 0.6) is 0 Å². The number of sulfonamides is 1. The summed E-state index contributed by atoms with van der Waals surface area (Å²) >= 11 is 0. The monoisotopic (exact) mass is 411 g/mol. The standard InChI is InChI=1S/C20H30FN3O3S/c1-22(18-8-4-2-3-5-9-18)16-20(25)23-11-13-24(14-12-23)28(26,27)19-10-6-7-17(21)15-19/h6-7,10,15,18H,2-5,8-9,11-14,16H2,1H3. The fourth-order valence-corrected chi connectivity index (χ4v) is 5.55. The summed E-state index contributed by atoms with van der Waals surface area (Å²) in [5.41, 5.74) is 0. The van der Waals surface area contributed by atoms with E-state index in [0.717, 1.165) is 18.9 Å². The van der Waals surface area contributed by atoms with Gasteiger partial charge in [0.25, 0.3) is 0 Å². The first-order valence-corrected chi connectivity index (χ1v) is 11.6. The second kappa shape index (κ2) is 9.33. The molecule has 8 heteroatoms. The summed E-state index contributed by atoms with van der Waals surface area (Å²) in [6.45, 7) is 1.58. The van der Waals surface area contributed by atoms with Gasteiger partial charge < -0.3 is 4.90 Å². The first kappa shape index (κ1) is 21.2. The van der Waals surface area contributed by atoms with E-state index in [2.05, 4.69) is 4.90 Å². The molecule has 1 amide bonds. The topological polar surface area (TPSA) is 60.9 Å². The summed E-state index contributed by atoms with van der Waals surface area (Å²) in [7, 11) is -1.72. The van der Waals surface area contributed by atoms with Gasteiger partial charge in [-0.15, -0.1) is 0 Å². The van der Waals surface area contributed by atoms with Crippen LogP contribution in [0.25, 0.3) is 0 Å². The van der Waals surface area contributed by atoms with Crippen LogP contribution in [0.2, 0.25) is 0 Å². The Morgan fingerprint density at radius 1 is 1.11 bits per heavy atom. The van der Waals surface area contributed by atoms with Crippen molar-refractivity contribution in [3.8, 4) is 0 Å². The number of benzene rings is 1. The number of carbonyl (C=O) groups is 1. The molecule has 1 aliphatic heterocycles. The SMILES string of the molecule is CN(CC(=O)N1CCN(S(=O)(=O)c2cccc(F)c2)CC1)C1CCCCCC1. The van der Waals surface area contributed by atoms with Gasteiger partial charge in [0, 0.05) is 32.2 Å². The van der Waals surface area contributed by atoms with Gasteiger partial charge in [-0.3, -0.25) is 9.69 Å². The Morgan fingerprint density at radius 2 is 1.75 bits per heavy atom. The molecule has 1 saturated heterocycles. The highest BCUT2D eigenvalue weighted by Crippen LogP contribution is 2.22. The maximum absolute atomic E-state index is 13.4. The van der Waals surface area contributed by atoms with Crippen molar-refractivity contribution in [2.45, 2.75) is 49.5 Å². The highest BCUT2D eigenvalue weighted by Gasteiger charge is 2.31. The van der Waals surface area contributed by atoms with E-state index in [1.54, 1.807) is 4.90 Å². The number of halogens is 1. The van der Waals surface area contributed by atoms with E-state index >= 15 is 0 Å². The van der Waals surface area contributed by atoms with Crippen molar-refractivity contribution in [2.24, 2.45) is 0 Å². The summed E-state index contributed by atoms with van der Waals surface area (Å²) in [4.78, 5) is 16.5. The fraction of sp³-hybridized carbons (Fsp3) is 0.650. The molecule has 28 heavy (non-hydrogen) atoms. The Morgan fingerprint density at radius 3 is 2.36 bits per heavy atom. The van der Waals surface area contributed by atoms with Gasteiger partial charge in [0.05, 0.1) is 11.4 Å². The van der Waals surface area contributed by atoms with E-state index in [9.17, 15) is 17.6 Å². The first-order chi connectivity index (χ1) is 13.4. The van der Waals surface area contributed by atoms with Crippen molar-refractivity contribution in [1.82, 2.24) is 14.1 Å². The van der Waals surface area contributed by atoms with E-state index in [-0.39, 0.29) is 23.9 Å². The summed E-state index contributed by atoms with van der Waals surface area (Å²) in [5.74, 6) is -0.522. The van der Waals surface area contributed by atoms with Crippen LogP contribution in [0.3, 0.4) is 0 Å². The van der Waals surface area contributed by atoms with Crippen molar-refractivity contribution in [1.29, 1.82) is 0 Å². The molecule has 1 saturated carbocycles. The lowest BCUT2D eigenvalue weighted by atomic mass is 10.1. The van der Waals surface area contributed by atoms with Crippen molar-refractivity contribution in [3.05, 3.63) is 30.1 Å². The van der Waals surface area contributed by atoms with Crippen LogP contribution in [-0.4, -0.2) is 74.2 Å². The molecule has 1 aliphatic carbocycles. The third kappa shape index (κ3) is 5.10. The Hall–Kier alpha value is -1.51. The second-order valence-electron chi connectivity index (χ2n) is 7.80. The molecule has 1 aromatic rings. The maximum Gasteiger partial charge on any atom is 0.243 e. The Labute approximate surface area is 167 Å². The predicted molar refractivity (Wildman–Crippen MR) is 106 cm³/mol. The largest absolute Gasteiger partial charge is 0.339 e. The van der Waals surface area contributed by atoms with Crippen LogP contribution in [0.15, 0.2) is 29.2 Å². The smallest absolute Gasteiger partial charge is 0.243 e. The van der Waals surface area contributed by atoms with E-state index in [0.29, 0.717) is 25.7 Å². The molecule has 1 heterocycles. The van der Waals surface area contributed by atoms with Gasteiger partial charge in [-0.1, -0.05) is 31.7 Å². The summed E-state index contributed by atoms with van der Waals surface area (Å²) in [6, 6.07) is 5.51. The Bertz CT molecular complexity index is 771. The van der Waals surface area contributed by atoms with Crippen molar-refractivity contribution in [3.63, 3.8) is 0 Å². The number of hydrogen-bond acceptors (Lipinski definition) is 4. The highest BCUT2D eigenvalue weighted by atomic mass is 32.2. The van der Waals surface area contributed by atoms with Crippen LogP contribution in [0.1, 0.15) is 38.5 Å². The van der Waals surface area contributed by atoms with Crippen molar-refractivity contribution >= 4 is 15.9 Å². The molecule has 6 nitrogen and oxygen atoms in total. The lowest BCUT2D eigenvalue weighted by Gasteiger charge is -2.35. The van der Waals surface area contributed by atoms with Gasteiger partial charge >= 0.3 is 0 Å². The third-order valence-corrected chi connectivity index (χ3v) is 7.75. The third-order valence-electron chi connectivity index (χ3n) is 5.86. The molecule has 0 unspecified atom stereocenters. The van der Waals surface area contributed by atoms with E-state index in [4.69, 9.17) is 0 Å². The van der Waals surface area contributed by atoms with Gasteiger partial charge in [-0.05, 0) is 38.1 Å². The molecule has 0 bridgehead atoms. The van der Waals surface area contributed by atoms with Crippen LogP contribution in [0, 0.1) is 5.82 Å². The number of piperazine rings is 1. The molecular weight excluding hydrogens is 381 g/mol. The van der Waals surface area contributed by atoms with Crippen LogP contribution < -0.4 is 0 Å². The minimum atomic E-state index is -3.73. The highest BCUT2D eigenvalue weighted by molar-refractivity contribution is 7.89. The van der Waals surface area contributed by atoms with Gasteiger partial charge in [0.15, 0.2) is 0 Å². The minimum absolute atomic E-state index is 0.0413. The summed E-state index contributed by atoms with van der Waals surface area (Å²) in [5, 5.41) is 0. The quantitative estimate of drug-likeness (QED) is 0.698. The van der Waals surface area contributed by atoms with Crippen molar-refractivity contribution < 1.29 is 17.6 Å². The number of amides is 1.